The number of benzene rings is 3. The normalized spacial score (nSPS) is 14.9. The number of nitrogens with one attached hydrogen (secondary N) is 2. The van der Waals surface area contributed by atoms with Crippen molar-refractivity contribution in [2.75, 3.05) is 61.9 Å². The largest absolute Gasteiger partial charge is 0.378 e. The van der Waals surface area contributed by atoms with Crippen molar-refractivity contribution in [3.05, 3.63) is 88.4 Å². The molecule has 6 nitrogen and oxygen atoms in total. The van der Waals surface area contributed by atoms with Crippen LogP contribution in [-0.2, 0) is 0 Å². The third kappa shape index (κ3) is 6.60. The Morgan fingerprint density at radius 1 is 0.914 bits per heavy atom. The monoisotopic (exact) mass is 511 g/mol. The van der Waals surface area contributed by atoms with E-state index in [-0.39, 0.29) is 12.1 Å². The van der Waals surface area contributed by atoms with Crippen molar-refractivity contribution in [2.24, 2.45) is 0 Å². The van der Waals surface area contributed by atoms with E-state index in [0.29, 0.717) is 22.3 Å². The lowest BCUT2D eigenvalue weighted by molar-refractivity contribution is 0.182. The number of anilines is 3. The van der Waals surface area contributed by atoms with Crippen molar-refractivity contribution in [1.82, 2.24) is 10.2 Å². The summed E-state index contributed by atoms with van der Waals surface area (Å²) in [6.45, 7) is 4.17. The summed E-state index contributed by atoms with van der Waals surface area (Å²) in [6.07, 6.45) is 0. The standard InChI is InChI=1S/C27H31Cl2N5O/c1-32(2)22-11-8-20(9-12-22)26(19-30-27(35)31-21-10-13-24(28)25(29)18-21)34-16-14-33(15-17-34)23-6-4-3-5-7-23/h3-13,18,26H,14-17,19H2,1-2H3,(H2,30,31,35). The van der Waals surface area contributed by atoms with Gasteiger partial charge in [-0.05, 0) is 48.0 Å². The van der Waals surface area contributed by atoms with Crippen molar-refractivity contribution < 1.29 is 4.79 Å². The molecule has 35 heavy (non-hydrogen) atoms. The van der Waals surface area contributed by atoms with Crippen LogP contribution in [0, 0.1) is 0 Å². The van der Waals surface area contributed by atoms with Gasteiger partial charge in [-0.15, -0.1) is 0 Å². The molecule has 1 heterocycles. The van der Waals surface area contributed by atoms with E-state index in [1.807, 2.05) is 20.2 Å². The minimum absolute atomic E-state index is 0.0590. The number of urea groups is 1. The van der Waals surface area contributed by atoms with Gasteiger partial charge < -0.3 is 20.4 Å². The molecule has 1 aliphatic rings. The van der Waals surface area contributed by atoms with Crippen LogP contribution in [0.1, 0.15) is 11.6 Å². The number of hydrogen-bond donors (Lipinski definition) is 2. The van der Waals surface area contributed by atoms with Gasteiger partial charge in [-0.1, -0.05) is 53.5 Å². The van der Waals surface area contributed by atoms with Gasteiger partial charge in [0, 0.05) is 63.9 Å². The van der Waals surface area contributed by atoms with Crippen LogP contribution in [0.2, 0.25) is 10.0 Å². The number of carbonyl (C=O) groups excluding carboxylic acids is 1. The highest BCUT2D eigenvalue weighted by atomic mass is 35.5. The Morgan fingerprint density at radius 2 is 1.60 bits per heavy atom. The Labute approximate surface area is 217 Å². The number of nitrogens with zero attached hydrogens (tertiary/aromatic N) is 3. The fourth-order valence-electron chi connectivity index (χ4n) is 4.32. The molecule has 3 aromatic carbocycles. The molecular formula is C27H31Cl2N5O. The zero-order valence-electron chi connectivity index (χ0n) is 20.0. The average Bonchev–Trinajstić information content (AvgIpc) is 2.87. The number of hydrogen-bond acceptors (Lipinski definition) is 4. The minimum Gasteiger partial charge on any atom is -0.378 e. The first kappa shape index (κ1) is 25.2. The van der Waals surface area contributed by atoms with Crippen LogP contribution in [0.15, 0.2) is 72.8 Å². The molecule has 1 aliphatic heterocycles. The molecule has 0 aromatic heterocycles. The zero-order chi connectivity index (χ0) is 24.8. The molecule has 1 atom stereocenters. The molecule has 0 radical (unpaired) electrons. The molecule has 3 aromatic rings. The number of carbonyl (C=O) groups is 1. The Bertz CT molecular complexity index is 1120. The Morgan fingerprint density at radius 3 is 2.23 bits per heavy atom. The summed E-state index contributed by atoms with van der Waals surface area (Å²) < 4.78 is 0. The topological polar surface area (TPSA) is 50.9 Å². The van der Waals surface area contributed by atoms with Gasteiger partial charge in [0.1, 0.15) is 0 Å². The van der Waals surface area contributed by atoms with Gasteiger partial charge in [-0.25, -0.2) is 4.79 Å². The van der Waals surface area contributed by atoms with Crippen LogP contribution in [0.3, 0.4) is 0 Å². The van der Waals surface area contributed by atoms with Gasteiger partial charge in [-0.3, -0.25) is 4.90 Å². The second-order valence-corrected chi connectivity index (χ2v) is 9.64. The first-order chi connectivity index (χ1) is 16.9. The van der Waals surface area contributed by atoms with Gasteiger partial charge in [0.2, 0.25) is 0 Å². The highest BCUT2D eigenvalue weighted by Crippen LogP contribution is 2.27. The van der Waals surface area contributed by atoms with E-state index < -0.39 is 0 Å². The SMILES string of the molecule is CN(C)c1ccc(C(CNC(=O)Nc2ccc(Cl)c(Cl)c2)N2CCN(c3ccccc3)CC2)cc1. The smallest absolute Gasteiger partial charge is 0.319 e. The average molecular weight is 512 g/mol. The molecule has 4 rings (SSSR count). The summed E-state index contributed by atoms with van der Waals surface area (Å²) in [5, 5.41) is 6.75. The van der Waals surface area contributed by atoms with Crippen molar-refractivity contribution in [3.8, 4) is 0 Å². The van der Waals surface area contributed by atoms with Crippen LogP contribution in [0.25, 0.3) is 0 Å². The molecular weight excluding hydrogens is 481 g/mol. The number of rotatable bonds is 7. The van der Waals surface area contributed by atoms with Gasteiger partial charge in [0.25, 0.3) is 0 Å². The molecule has 184 valence electrons. The van der Waals surface area contributed by atoms with Crippen molar-refractivity contribution in [3.63, 3.8) is 0 Å². The molecule has 0 spiro atoms. The second-order valence-electron chi connectivity index (χ2n) is 8.82. The number of piperazine rings is 1. The molecule has 2 amide bonds. The Kier molecular flexibility index (Phi) is 8.39. The lowest BCUT2D eigenvalue weighted by Gasteiger charge is -2.40. The van der Waals surface area contributed by atoms with Crippen LogP contribution in [-0.4, -0.2) is 57.8 Å². The van der Waals surface area contributed by atoms with Gasteiger partial charge in [-0.2, -0.15) is 0 Å². The minimum atomic E-state index is -0.277. The Balaban J connectivity index is 1.44. The highest BCUT2D eigenvalue weighted by molar-refractivity contribution is 6.42. The van der Waals surface area contributed by atoms with E-state index in [0.717, 1.165) is 31.9 Å². The molecule has 1 unspecified atom stereocenters. The maximum absolute atomic E-state index is 12.7. The van der Waals surface area contributed by atoms with Gasteiger partial charge in [0.15, 0.2) is 0 Å². The van der Waals surface area contributed by atoms with Crippen LogP contribution in [0.4, 0.5) is 21.9 Å². The Hall–Kier alpha value is -2.93. The summed E-state index contributed by atoms with van der Waals surface area (Å²) in [6, 6.07) is 23.9. The lowest BCUT2D eigenvalue weighted by Crippen LogP contribution is -2.50. The number of para-hydroxylation sites is 1. The van der Waals surface area contributed by atoms with Gasteiger partial charge in [0.05, 0.1) is 16.1 Å². The predicted molar refractivity (Wildman–Crippen MR) is 147 cm³/mol. The van der Waals surface area contributed by atoms with Crippen LogP contribution < -0.4 is 20.4 Å². The molecule has 8 heteroatoms. The molecule has 0 saturated carbocycles. The van der Waals surface area contributed by atoms with Crippen LogP contribution in [0.5, 0.6) is 0 Å². The molecule has 1 saturated heterocycles. The van der Waals surface area contributed by atoms with Crippen molar-refractivity contribution in [2.45, 2.75) is 6.04 Å². The fourth-order valence-corrected chi connectivity index (χ4v) is 4.62. The van der Waals surface area contributed by atoms with E-state index in [2.05, 4.69) is 73.9 Å². The molecule has 1 fully saturated rings. The van der Waals surface area contributed by atoms with Crippen LogP contribution >= 0.6 is 23.2 Å². The first-order valence-electron chi connectivity index (χ1n) is 11.7. The van der Waals surface area contributed by atoms with Crippen molar-refractivity contribution in [1.29, 1.82) is 0 Å². The zero-order valence-corrected chi connectivity index (χ0v) is 21.6. The van der Waals surface area contributed by atoms with E-state index in [1.54, 1.807) is 18.2 Å². The first-order valence-corrected chi connectivity index (χ1v) is 12.5. The molecule has 2 N–H and O–H groups in total. The summed E-state index contributed by atoms with van der Waals surface area (Å²) in [7, 11) is 4.06. The summed E-state index contributed by atoms with van der Waals surface area (Å²) in [5.41, 5.74) is 4.17. The maximum atomic E-state index is 12.7. The fraction of sp³-hybridized carbons (Fsp3) is 0.296. The lowest BCUT2D eigenvalue weighted by atomic mass is 10.0. The predicted octanol–water partition coefficient (Wildman–Crippen LogP) is 5.74. The molecule has 0 bridgehead atoms. The summed E-state index contributed by atoms with van der Waals surface area (Å²) in [5.74, 6) is 0. The van der Waals surface area contributed by atoms with E-state index in [4.69, 9.17) is 23.2 Å². The van der Waals surface area contributed by atoms with E-state index >= 15 is 0 Å². The highest BCUT2D eigenvalue weighted by Gasteiger charge is 2.26. The number of halogens is 2. The van der Waals surface area contributed by atoms with E-state index in [9.17, 15) is 4.79 Å². The number of amides is 2. The van der Waals surface area contributed by atoms with E-state index in [1.165, 1.54) is 11.3 Å². The second kappa shape index (κ2) is 11.7. The maximum Gasteiger partial charge on any atom is 0.319 e. The quantitative estimate of drug-likeness (QED) is 0.424. The molecule has 0 aliphatic carbocycles. The van der Waals surface area contributed by atoms with Gasteiger partial charge >= 0.3 is 6.03 Å². The third-order valence-electron chi connectivity index (χ3n) is 6.30. The summed E-state index contributed by atoms with van der Waals surface area (Å²) >= 11 is 12.1. The van der Waals surface area contributed by atoms with Crippen molar-refractivity contribution >= 4 is 46.3 Å². The third-order valence-corrected chi connectivity index (χ3v) is 7.04. The summed E-state index contributed by atoms with van der Waals surface area (Å²) in [4.78, 5) is 19.6.